The number of methoxy groups -OCH3 is 3. The Bertz CT molecular complexity index is 829. The van der Waals surface area contributed by atoms with Gasteiger partial charge < -0.3 is 19.5 Å². The maximum Gasteiger partial charge on any atom is 0.337 e. The fraction of sp³-hybridized carbons (Fsp3) is 0.250. The van der Waals surface area contributed by atoms with E-state index in [1.807, 2.05) is 0 Å². The third kappa shape index (κ3) is 5.31. The number of hydrogen-bond acceptors (Lipinski definition) is 6. The molecule has 0 fully saturated rings. The van der Waals surface area contributed by atoms with Gasteiger partial charge in [0.1, 0.15) is 11.5 Å². The van der Waals surface area contributed by atoms with Crippen molar-refractivity contribution < 1.29 is 28.6 Å². The molecule has 1 amide bonds. The number of ketones is 1. The van der Waals surface area contributed by atoms with Crippen LogP contribution in [0.25, 0.3) is 0 Å². The molecular formula is C20H21NO6. The lowest BCUT2D eigenvalue weighted by Crippen LogP contribution is -2.14. The van der Waals surface area contributed by atoms with Gasteiger partial charge in [-0.15, -0.1) is 0 Å². The van der Waals surface area contributed by atoms with Crippen LogP contribution >= 0.6 is 0 Å². The van der Waals surface area contributed by atoms with Gasteiger partial charge in [-0.25, -0.2) is 4.79 Å². The highest BCUT2D eigenvalue weighted by Crippen LogP contribution is 2.26. The standard InChI is InChI=1S/C20H21NO6/c1-25-15-8-9-16(18(12-15)26-2)17(22)10-11-19(23)21-14-6-4-13(5-7-14)20(24)27-3/h4-9,12H,10-11H2,1-3H3,(H,21,23). The van der Waals surface area contributed by atoms with Crippen molar-refractivity contribution in [2.24, 2.45) is 0 Å². The van der Waals surface area contributed by atoms with Gasteiger partial charge >= 0.3 is 5.97 Å². The van der Waals surface area contributed by atoms with Gasteiger partial charge in [0.25, 0.3) is 0 Å². The van der Waals surface area contributed by atoms with Crippen molar-refractivity contribution in [3.8, 4) is 11.5 Å². The quantitative estimate of drug-likeness (QED) is 0.566. The molecule has 0 saturated carbocycles. The van der Waals surface area contributed by atoms with E-state index in [-0.39, 0.29) is 24.5 Å². The molecular weight excluding hydrogens is 350 g/mol. The smallest absolute Gasteiger partial charge is 0.337 e. The lowest BCUT2D eigenvalue weighted by Gasteiger charge is -2.10. The number of amides is 1. The van der Waals surface area contributed by atoms with Crippen LogP contribution in [0.4, 0.5) is 5.69 Å². The summed E-state index contributed by atoms with van der Waals surface area (Å²) in [6.45, 7) is 0. The summed E-state index contributed by atoms with van der Waals surface area (Å²) in [6.07, 6.45) is 0.0571. The van der Waals surface area contributed by atoms with Crippen molar-refractivity contribution in [3.63, 3.8) is 0 Å². The number of rotatable bonds is 8. The molecule has 1 N–H and O–H groups in total. The van der Waals surface area contributed by atoms with Gasteiger partial charge in [0.2, 0.25) is 5.91 Å². The third-order valence-electron chi connectivity index (χ3n) is 3.88. The monoisotopic (exact) mass is 371 g/mol. The molecule has 2 aromatic rings. The molecule has 2 rings (SSSR count). The van der Waals surface area contributed by atoms with Crippen molar-refractivity contribution >= 4 is 23.3 Å². The first-order valence-corrected chi connectivity index (χ1v) is 8.22. The number of hydrogen-bond donors (Lipinski definition) is 1. The topological polar surface area (TPSA) is 90.9 Å². The van der Waals surface area contributed by atoms with Gasteiger partial charge in [-0.3, -0.25) is 9.59 Å². The van der Waals surface area contributed by atoms with E-state index in [9.17, 15) is 14.4 Å². The number of nitrogens with one attached hydrogen (secondary N) is 1. The molecule has 2 aromatic carbocycles. The second-order valence-corrected chi connectivity index (χ2v) is 5.61. The van der Waals surface area contributed by atoms with E-state index in [2.05, 4.69) is 10.1 Å². The predicted octanol–water partition coefficient (Wildman–Crippen LogP) is 3.09. The number of ether oxygens (including phenoxy) is 3. The minimum absolute atomic E-state index is 0.0206. The Morgan fingerprint density at radius 3 is 2.19 bits per heavy atom. The Balaban J connectivity index is 1.93. The first-order chi connectivity index (χ1) is 13.0. The van der Waals surface area contributed by atoms with Crippen LogP contribution in [0.15, 0.2) is 42.5 Å². The van der Waals surface area contributed by atoms with E-state index in [0.717, 1.165) is 0 Å². The molecule has 0 aromatic heterocycles. The van der Waals surface area contributed by atoms with Crippen molar-refractivity contribution in [2.45, 2.75) is 12.8 Å². The Labute approximate surface area is 157 Å². The highest BCUT2D eigenvalue weighted by molar-refractivity contribution is 6.02. The van der Waals surface area contributed by atoms with Gasteiger partial charge in [0.15, 0.2) is 5.78 Å². The van der Waals surface area contributed by atoms with Gasteiger partial charge in [0, 0.05) is 24.6 Å². The minimum Gasteiger partial charge on any atom is -0.497 e. The maximum absolute atomic E-state index is 12.4. The molecule has 0 heterocycles. The van der Waals surface area contributed by atoms with E-state index < -0.39 is 5.97 Å². The van der Waals surface area contributed by atoms with Crippen LogP contribution in [0.2, 0.25) is 0 Å². The maximum atomic E-state index is 12.4. The average molecular weight is 371 g/mol. The van der Waals surface area contributed by atoms with Crippen LogP contribution in [0.3, 0.4) is 0 Å². The summed E-state index contributed by atoms with van der Waals surface area (Å²) in [6, 6.07) is 11.2. The zero-order valence-electron chi connectivity index (χ0n) is 15.4. The molecule has 7 nitrogen and oxygen atoms in total. The Morgan fingerprint density at radius 1 is 0.889 bits per heavy atom. The molecule has 0 radical (unpaired) electrons. The van der Waals surface area contributed by atoms with Gasteiger partial charge in [-0.1, -0.05) is 0 Å². The summed E-state index contributed by atoms with van der Waals surface area (Å²) < 4.78 is 14.9. The fourth-order valence-electron chi connectivity index (χ4n) is 2.42. The van der Waals surface area contributed by atoms with Gasteiger partial charge in [-0.05, 0) is 36.4 Å². The van der Waals surface area contributed by atoms with E-state index in [1.165, 1.54) is 21.3 Å². The van der Waals surface area contributed by atoms with Crippen molar-refractivity contribution in [3.05, 3.63) is 53.6 Å². The first-order valence-electron chi connectivity index (χ1n) is 8.22. The number of Topliss-reactive ketones (excluding diaryl/α,β-unsaturated/α-hetero) is 1. The number of benzene rings is 2. The van der Waals surface area contributed by atoms with E-state index in [1.54, 1.807) is 42.5 Å². The summed E-state index contributed by atoms with van der Waals surface area (Å²) in [5.41, 5.74) is 1.31. The van der Waals surface area contributed by atoms with Crippen LogP contribution in [0.1, 0.15) is 33.6 Å². The van der Waals surface area contributed by atoms with Crippen LogP contribution in [0, 0.1) is 0 Å². The SMILES string of the molecule is COC(=O)c1ccc(NC(=O)CCC(=O)c2ccc(OC)cc2OC)cc1. The summed E-state index contributed by atoms with van der Waals surface area (Å²) >= 11 is 0. The molecule has 0 bridgehead atoms. The van der Waals surface area contributed by atoms with Crippen molar-refractivity contribution in [1.82, 2.24) is 0 Å². The zero-order chi connectivity index (χ0) is 19.8. The van der Waals surface area contributed by atoms with Crippen molar-refractivity contribution in [2.75, 3.05) is 26.6 Å². The summed E-state index contributed by atoms with van der Waals surface area (Å²) in [5.74, 6) is 0.0222. The van der Waals surface area contributed by atoms with E-state index in [0.29, 0.717) is 28.3 Å². The Hall–Kier alpha value is -3.35. The van der Waals surface area contributed by atoms with Crippen LogP contribution in [-0.4, -0.2) is 39.0 Å². The molecule has 0 atom stereocenters. The Morgan fingerprint density at radius 2 is 1.59 bits per heavy atom. The number of esters is 1. The molecule has 0 aliphatic heterocycles. The van der Waals surface area contributed by atoms with Gasteiger partial charge in [0.05, 0.1) is 32.5 Å². The van der Waals surface area contributed by atoms with E-state index in [4.69, 9.17) is 9.47 Å². The largest absolute Gasteiger partial charge is 0.497 e. The summed E-state index contributed by atoms with van der Waals surface area (Å²) in [5, 5.41) is 2.69. The highest BCUT2D eigenvalue weighted by atomic mass is 16.5. The first kappa shape index (κ1) is 20.0. The lowest BCUT2D eigenvalue weighted by molar-refractivity contribution is -0.116. The summed E-state index contributed by atoms with van der Waals surface area (Å²) in [4.78, 5) is 35.8. The lowest BCUT2D eigenvalue weighted by atomic mass is 10.0. The normalized spacial score (nSPS) is 10.0. The molecule has 142 valence electrons. The number of carbonyl (C=O) groups is 3. The third-order valence-corrected chi connectivity index (χ3v) is 3.88. The molecule has 7 heteroatoms. The summed E-state index contributed by atoms with van der Waals surface area (Å²) in [7, 11) is 4.29. The molecule has 0 aliphatic rings. The second-order valence-electron chi connectivity index (χ2n) is 5.61. The van der Waals surface area contributed by atoms with E-state index >= 15 is 0 Å². The fourth-order valence-corrected chi connectivity index (χ4v) is 2.42. The Kier molecular flexibility index (Phi) is 6.93. The predicted molar refractivity (Wildman–Crippen MR) is 99.5 cm³/mol. The van der Waals surface area contributed by atoms with Crippen LogP contribution < -0.4 is 14.8 Å². The minimum atomic E-state index is -0.452. The van der Waals surface area contributed by atoms with Gasteiger partial charge in [-0.2, -0.15) is 0 Å². The number of carbonyl (C=O) groups excluding carboxylic acids is 3. The van der Waals surface area contributed by atoms with Crippen LogP contribution in [-0.2, 0) is 9.53 Å². The van der Waals surface area contributed by atoms with Crippen LogP contribution in [0.5, 0.6) is 11.5 Å². The molecule has 27 heavy (non-hydrogen) atoms. The zero-order valence-corrected chi connectivity index (χ0v) is 15.4. The highest BCUT2D eigenvalue weighted by Gasteiger charge is 2.15. The molecule has 0 aliphatic carbocycles. The molecule has 0 spiro atoms. The average Bonchev–Trinajstić information content (AvgIpc) is 2.71. The molecule has 0 saturated heterocycles. The molecule has 0 unspecified atom stereocenters. The van der Waals surface area contributed by atoms with Crippen molar-refractivity contribution in [1.29, 1.82) is 0 Å². The second kappa shape index (κ2) is 9.38. The number of anilines is 1.